The number of hydrogen-bond acceptors (Lipinski definition) is 4. The molecule has 0 saturated heterocycles. The molecular formula is C14H18ClN3O2. The summed E-state index contributed by atoms with van der Waals surface area (Å²) < 4.78 is 12.2. The quantitative estimate of drug-likeness (QED) is 0.796. The average Bonchev–Trinajstić information content (AvgIpc) is 2.87. The SMILES string of the molecule is COCCCn1ccnc1Nc1ccc(OC)c(Cl)c1. The number of aryl methyl sites for hydroxylation is 1. The molecule has 20 heavy (non-hydrogen) atoms. The summed E-state index contributed by atoms with van der Waals surface area (Å²) in [5, 5.41) is 3.81. The van der Waals surface area contributed by atoms with Crippen LogP contribution < -0.4 is 10.1 Å². The third-order valence-corrected chi connectivity index (χ3v) is 3.17. The van der Waals surface area contributed by atoms with Crippen LogP contribution in [0.1, 0.15) is 6.42 Å². The third-order valence-electron chi connectivity index (χ3n) is 2.87. The van der Waals surface area contributed by atoms with Gasteiger partial charge in [-0.2, -0.15) is 0 Å². The van der Waals surface area contributed by atoms with Crippen LogP contribution in [0.2, 0.25) is 5.02 Å². The molecule has 0 spiro atoms. The van der Waals surface area contributed by atoms with Gasteiger partial charge in [0.25, 0.3) is 0 Å². The summed E-state index contributed by atoms with van der Waals surface area (Å²) in [5.74, 6) is 1.43. The van der Waals surface area contributed by atoms with E-state index in [2.05, 4.69) is 10.3 Å². The van der Waals surface area contributed by atoms with Gasteiger partial charge in [-0.3, -0.25) is 0 Å². The standard InChI is InChI=1S/C14H18ClN3O2/c1-19-9-3-7-18-8-6-16-14(18)17-11-4-5-13(20-2)12(15)10-11/h4-6,8,10H,3,7,9H2,1-2H3,(H,16,17). The zero-order valence-corrected chi connectivity index (χ0v) is 12.4. The molecule has 0 bridgehead atoms. The van der Waals surface area contributed by atoms with Crippen LogP contribution >= 0.6 is 11.6 Å². The molecule has 0 amide bonds. The molecule has 1 aromatic carbocycles. The van der Waals surface area contributed by atoms with Gasteiger partial charge in [-0.05, 0) is 24.6 Å². The van der Waals surface area contributed by atoms with Crippen LogP contribution in [-0.2, 0) is 11.3 Å². The zero-order chi connectivity index (χ0) is 14.4. The number of nitrogens with zero attached hydrogens (tertiary/aromatic N) is 2. The van der Waals surface area contributed by atoms with Crippen LogP contribution in [-0.4, -0.2) is 30.4 Å². The highest BCUT2D eigenvalue weighted by atomic mass is 35.5. The Balaban J connectivity index is 2.06. The van der Waals surface area contributed by atoms with E-state index in [-0.39, 0.29) is 0 Å². The Morgan fingerprint density at radius 1 is 1.35 bits per heavy atom. The van der Waals surface area contributed by atoms with Gasteiger partial charge in [0.1, 0.15) is 5.75 Å². The van der Waals surface area contributed by atoms with Crippen molar-refractivity contribution in [1.29, 1.82) is 0 Å². The van der Waals surface area contributed by atoms with Crippen LogP contribution in [0.5, 0.6) is 5.75 Å². The number of hydrogen-bond donors (Lipinski definition) is 1. The first-order valence-electron chi connectivity index (χ1n) is 6.35. The molecule has 5 nitrogen and oxygen atoms in total. The number of halogens is 1. The maximum atomic E-state index is 6.10. The van der Waals surface area contributed by atoms with Gasteiger partial charge in [0.2, 0.25) is 5.95 Å². The van der Waals surface area contributed by atoms with Crippen LogP contribution in [0.15, 0.2) is 30.6 Å². The highest BCUT2D eigenvalue weighted by Crippen LogP contribution is 2.28. The molecule has 108 valence electrons. The van der Waals surface area contributed by atoms with Crippen molar-refractivity contribution in [2.75, 3.05) is 26.1 Å². The van der Waals surface area contributed by atoms with E-state index in [0.29, 0.717) is 10.8 Å². The molecule has 2 rings (SSSR count). The van der Waals surface area contributed by atoms with E-state index in [4.69, 9.17) is 21.1 Å². The molecule has 6 heteroatoms. The maximum absolute atomic E-state index is 6.10. The number of benzene rings is 1. The van der Waals surface area contributed by atoms with Crippen molar-refractivity contribution in [3.63, 3.8) is 0 Å². The molecule has 0 fully saturated rings. The molecular weight excluding hydrogens is 278 g/mol. The minimum atomic E-state index is 0.565. The molecule has 2 aromatic rings. The molecule has 0 unspecified atom stereocenters. The third kappa shape index (κ3) is 3.65. The number of rotatable bonds is 7. The molecule has 0 aliphatic heterocycles. The summed E-state index contributed by atoms with van der Waals surface area (Å²) in [4.78, 5) is 4.30. The lowest BCUT2D eigenvalue weighted by molar-refractivity contribution is 0.190. The number of methoxy groups -OCH3 is 2. The average molecular weight is 296 g/mol. The first kappa shape index (κ1) is 14.7. The summed E-state index contributed by atoms with van der Waals surface area (Å²) in [6.45, 7) is 1.58. The predicted octanol–water partition coefficient (Wildman–Crippen LogP) is 3.33. The van der Waals surface area contributed by atoms with Gasteiger partial charge in [0.15, 0.2) is 0 Å². The topological polar surface area (TPSA) is 48.3 Å². The van der Waals surface area contributed by atoms with Crippen LogP contribution in [0.4, 0.5) is 11.6 Å². The Morgan fingerprint density at radius 2 is 2.20 bits per heavy atom. The van der Waals surface area contributed by atoms with Crippen molar-refractivity contribution in [1.82, 2.24) is 9.55 Å². The Morgan fingerprint density at radius 3 is 2.90 bits per heavy atom. The molecule has 1 heterocycles. The lowest BCUT2D eigenvalue weighted by Crippen LogP contribution is -2.05. The van der Waals surface area contributed by atoms with Crippen LogP contribution in [0.25, 0.3) is 0 Å². The molecule has 0 saturated carbocycles. The van der Waals surface area contributed by atoms with E-state index in [1.54, 1.807) is 20.4 Å². The van der Waals surface area contributed by atoms with E-state index in [0.717, 1.165) is 31.2 Å². The summed E-state index contributed by atoms with van der Waals surface area (Å²) in [5.41, 5.74) is 0.870. The van der Waals surface area contributed by atoms with Crippen molar-refractivity contribution in [2.45, 2.75) is 13.0 Å². The predicted molar refractivity (Wildman–Crippen MR) is 80.0 cm³/mol. The highest BCUT2D eigenvalue weighted by Gasteiger charge is 2.05. The number of anilines is 2. The Kier molecular flexibility index (Phi) is 5.26. The van der Waals surface area contributed by atoms with E-state index in [1.807, 2.05) is 29.0 Å². The lowest BCUT2D eigenvalue weighted by Gasteiger charge is -2.11. The second-order valence-electron chi connectivity index (χ2n) is 4.26. The second-order valence-corrected chi connectivity index (χ2v) is 4.67. The van der Waals surface area contributed by atoms with Gasteiger partial charge in [0, 0.05) is 38.3 Å². The number of nitrogens with one attached hydrogen (secondary N) is 1. The maximum Gasteiger partial charge on any atom is 0.207 e. The van der Waals surface area contributed by atoms with Crippen molar-refractivity contribution in [3.8, 4) is 5.75 Å². The van der Waals surface area contributed by atoms with Crippen LogP contribution in [0, 0.1) is 0 Å². The summed E-state index contributed by atoms with van der Waals surface area (Å²) in [6, 6.07) is 5.54. The van der Waals surface area contributed by atoms with Crippen molar-refractivity contribution in [3.05, 3.63) is 35.6 Å². The fraction of sp³-hybridized carbons (Fsp3) is 0.357. The molecule has 0 radical (unpaired) electrons. The molecule has 1 N–H and O–H groups in total. The fourth-order valence-electron chi connectivity index (χ4n) is 1.87. The molecule has 1 aromatic heterocycles. The minimum Gasteiger partial charge on any atom is -0.495 e. The summed E-state index contributed by atoms with van der Waals surface area (Å²) in [6.07, 6.45) is 4.63. The first-order valence-corrected chi connectivity index (χ1v) is 6.73. The largest absolute Gasteiger partial charge is 0.495 e. The second kappa shape index (κ2) is 7.17. The van der Waals surface area contributed by atoms with Gasteiger partial charge in [-0.1, -0.05) is 11.6 Å². The van der Waals surface area contributed by atoms with Crippen LogP contribution in [0.3, 0.4) is 0 Å². The minimum absolute atomic E-state index is 0.565. The van der Waals surface area contributed by atoms with Gasteiger partial charge in [-0.15, -0.1) is 0 Å². The van der Waals surface area contributed by atoms with Gasteiger partial charge >= 0.3 is 0 Å². The van der Waals surface area contributed by atoms with Gasteiger partial charge in [-0.25, -0.2) is 4.98 Å². The summed E-state index contributed by atoms with van der Waals surface area (Å²) >= 11 is 6.10. The van der Waals surface area contributed by atoms with Crippen molar-refractivity contribution >= 4 is 23.2 Å². The smallest absolute Gasteiger partial charge is 0.207 e. The normalized spacial score (nSPS) is 10.6. The highest BCUT2D eigenvalue weighted by molar-refractivity contribution is 6.32. The van der Waals surface area contributed by atoms with E-state index >= 15 is 0 Å². The van der Waals surface area contributed by atoms with E-state index < -0.39 is 0 Å². The molecule has 0 aliphatic carbocycles. The summed E-state index contributed by atoms with van der Waals surface area (Å²) in [7, 11) is 3.29. The molecule has 0 atom stereocenters. The number of ether oxygens (including phenoxy) is 2. The first-order chi connectivity index (χ1) is 9.74. The Hall–Kier alpha value is -1.72. The van der Waals surface area contributed by atoms with E-state index in [1.165, 1.54) is 0 Å². The van der Waals surface area contributed by atoms with Gasteiger partial charge < -0.3 is 19.4 Å². The van der Waals surface area contributed by atoms with E-state index in [9.17, 15) is 0 Å². The zero-order valence-electron chi connectivity index (χ0n) is 11.6. The lowest BCUT2D eigenvalue weighted by atomic mass is 10.3. The Labute approximate surface area is 123 Å². The fourth-order valence-corrected chi connectivity index (χ4v) is 2.12. The van der Waals surface area contributed by atoms with Gasteiger partial charge in [0.05, 0.1) is 12.1 Å². The van der Waals surface area contributed by atoms with Crippen molar-refractivity contribution < 1.29 is 9.47 Å². The molecule has 0 aliphatic rings. The Bertz CT molecular complexity index is 557. The monoisotopic (exact) mass is 295 g/mol. The number of aromatic nitrogens is 2. The van der Waals surface area contributed by atoms with Crippen molar-refractivity contribution in [2.24, 2.45) is 0 Å². The number of imidazole rings is 1.